The van der Waals surface area contributed by atoms with E-state index in [4.69, 9.17) is 23.2 Å². The van der Waals surface area contributed by atoms with E-state index in [1.165, 1.54) is 50.4 Å². The predicted octanol–water partition coefficient (Wildman–Crippen LogP) is 5.47. The molecule has 0 aromatic carbocycles. The Kier molecular flexibility index (Phi) is 10.6. The number of aromatic nitrogens is 1. The molecule has 7 heteroatoms. The molecule has 2 heterocycles. The average Bonchev–Trinajstić information content (AvgIpc) is 2.93. The number of halogens is 3. The summed E-state index contributed by atoms with van der Waals surface area (Å²) >= 11 is 15.7. The zero-order chi connectivity index (χ0) is 14.2. The van der Waals surface area contributed by atoms with Crippen LogP contribution in [0.2, 0.25) is 10.0 Å². The molecule has 1 aliphatic heterocycles. The van der Waals surface area contributed by atoms with Crippen LogP contribution in [0.5, 0.6) is 0 Å². The molecule has 0 N–H and O–H groups in total. The lowest BCUT2D eigenvalue weighted by molar-refractivity contribution is 0.344. The van der Waals surface area contributed by atoms with Gasteiger partial charge in [-0.15, -0.1) is 35.9 Å². The topological polar surface area (TPSA) is 16.1 Å². The second-order valence-electron chi connectivity index (χ2n) is 4.86. The van der Waals surface area contributed by atoms with Gasteiger partial charge in [-0.05, 0) is 31.2 Å². The van der Waals surface area contributed by atoms with E-state index in [9.17, 15) is 0 Å². The van der Waals surface area contributed by atoms with E-state index in [-0.39, 0.29) is 12.4 Å². The predicted molar refractivity (Wildman–Crippen MR) is 99.6 cm³/mol. The largest absolute Gasteiger partial charge is 0.293 e. The highest BCUT2D eigenvalue weighted by Crippen LogP contribution is 2.27. The van der Waals surface area contributed by atoms with Crippen LogP contribution in [-0.2, 0) is 0 Å². The van der Waals surface area contributed by atoms with Gasteiger partial charge in [-0.1, -0.05) is 36.0 Å². The molecular weight excluding hydrogens is 367 g/mol. The Hall–Kier alpha value is 0.680. The first-order valence-corrected chi connectivity index (χ1v) is 9.89. The Bertz CT molecular complexity index is 415. The number of hydrogen-bond donors (Lipinski definition) is 0. The van der Waals surface area contributed by atoms with Gasteiger partial charge < -0.3 is 0 Å². The van der Waals surface area contributed by atoms with Crippen molar-refractivity contribution in [2.45, 2.75) is 30.7 Å². The van der Waals surface area contributed by atoms with Crippen molar-refractivity contribution in [3.63, 3.8) is 0 Å². The Balaban J connectivity index is 0.00000220. The van der Waals surface area contributed by atoms with Gasteiger partial charge in [0, 0.05) is 24.4 Å². The van der Waals surface area contributed by atoms with Crippen molar-refractivity contribution in [1.82, 2.24) is 9.88 Å². The smallest absolute Gasteiger partial charge is 0.115 e. The zero-order valence-corrected chi connectivity index (χ0v) is 15.9. The van der Waals surface area contributed by atoms with Crippen molar-refractivity contribution in [1.29, 1.82) is 0 Å². The minimum Gasteiger partial charge on any atom is -0.293 e. The van der Waals surface area contributed by atoms with E-state index in [0.29, 0.717) is 10.0 Å². The third-order valence-electron chi connectivity index (χ3n) is 3.21. The first kappa shape index (κ1) is 19.7. The number of unbranched alkanes of at least 4 members (excludes halogenated alkanes) is 3. The summed E-state index contributed by atoms with van der Waals surface area (Å²) < 4.78 is 0. The SMILES string of the molecule is Cl.Clc1cnc(SCCCCCCN2CCSC2)c(Cl)c1. The van der Waals surface area contributed by atoms with E-state index in [0.717, 1.165) is 10.8 Å². The lowest BCUT2D eigenvalue weighted by Gasteiger charge is -2.12. The standard InChI is InChI=1S/C14H20Cl2N2S2.ClH/c15-12-9-13(16)14(17-10-12)20-7-4-2-1-3-5-18-6-8-19-11-18;/h9-10H,1-8,11H2;1H. The summed E-state index contributed by atoms with van der Waals surface area (Å²) in [6.07, 6.45) is 6.82. The summed E-state index contributed by atoms with van der Waals surface area (Å²) in [4.78, 5) is 6.81. The van der Waals surface area contributed by atoms with Crippen LogP contribution in [0.25, 0.3) is 0 Å². The molecule has 1 aromatic heterocycles. The van der Waals surface area contributed by atoms with Gasteiger partial charge in [-0.3, -0.25) is 4.90 Å². The van der Waals surface area contributed by atoms with Gasteiger partial charge in [-0.2, -0.15) is 0 Å². The molecular formula is C14H21Cl3N2S2. The molecule has 0 unspecified atom stereocenters. The summed E-state index contributed by atoms with van der Waals surface area (Å²) in [5.41, 5.74) is 0. The van der Waals surface area contributed by atoms with Crippen molar-refractivity contribution in [2.24, 2.45) is 0 Å². The second-order valence-corrected chi connectivity index (χ2v) is 7.86. The molecule has 0 amide bonds. The third-order valence-corrected chi connectivity index (χ3v) is 5.92. The van der Waals surface area contributed by atoms with Crippen molar-refractivity contribution < 1.29 is 0 Å². The monoisotopic (exact) mass is 386 g/mol. The summed E-state index contributed by atoms with van der Waals surface area (Å²) in [5.74, 6) is 3.62. The van der Waals surface area contributed by atoms with Gasteiger partial charge in [0.1, 0.15) is 5.03 Å². The van der Waals surface area contributed by atoms with Gasteiger partial charge in [0.25, 0.3) is 0 Å². The van der Waals surface area contributed by atoms with Crippen molar-refractivity contribution >= 4 is 59.1 Å². The van der Waals surface area contributed by atoms with Crippen LogP contribution < -0.4 is 0 Å². The van der Waals surface area contributed by atoms with Crippen molar-refractivity contribution in [3.05, 3.63) is 22.3 Å². The van der Waals surface area contributed by atoms with Gasteiger partial charge >= 0.3 is 0 Å². The van der Waals surface area contributed by atoms with Crippen LogP contribution >= 0.6 is 59.1 Å². The van der Waals surface area contributed by atoms with E-state index < -0.39 is 0 Å². The zero-order valence-electron chi connectivity index (χ0n) is 11.9. The summed E-state index contributed by atoms with van der Waals surface area (Å²) in [7, 11) is 0. The summed E-state index contributed by atoms with van der Waals surface area (Å²) in [5, 5.41) is 2.15. The summed E-state index contributed by atoms with van der Waals surface area (Å²) in [6, 6.07) is 1.76. The second kappa shape index (κ2) is 11.3. The molecule has 1 aromatic rings. The Morgan fingerprint density at radius 3 is 2.76 bits per heavy atom. The molecule has 0 spiro atoms. The molecule has 0 radical (unpaired) electrons. The van der Waals surface area contributed by atoms with Crippen LogP contribution in [-0.4, -0.2) is 40.4 Å². The molecule has 0 bridgehead atoms. The minimum absolute atomic E-state index is 0. The Morgan fingerprint density at radius 1 is 1.24 bits per heavy atom. The molecule has 120 valence electrons. The maximum absolute atomic E-state index is 6.09. The van der Waals surface area contributed by atoms with Crippen molar-refractivity contribution in [2.75, 3.05) is 30.5 Å². The number of thioether (sulfide) groups is 2. The van der Waals surface area contributed by atoms with Crippen LogP contribution in [0.3, 0.4) is 0 Å². The van der Waals surface area contributed by atoms with E-state index >= 15 is 0 Å². The highest BCUT2D eigenvalue weighted by atomic mass is 35.5. The number of nitrogens with zero attached hydrogens (tertiary/aromatic N) is 2. The van der Waals surface area contributed by atoms with E-state index in [1.807, 2.05) is 11.8 Å². The van der Waals surface area contributed by atoms with Gasteiger partial charge in [0.15, 0.2) is 0 Å². The molecule has 1 saturated heterocycles. The third kappa shape index (κ3) is 7.67. The number of rotatable bonds is 8. The molecule has 2 rings (SSSR count). The Labute approximate surface area is 152 Å². The highest BCUT2D eigenvalue weighted by molar-refractivity contribution is 7.99. The fraction of sp³-hybridized carbons (Fsp3) is 0.643. The van der Waals surface area contributed by atoms with Crippen LogP contribution in [0, 0.1) is 0 Å². The van der Waals surface area contributed by atoms with E-state index in [1.54, 1.807) is 24.0 Å². The Morgan fingerprint density at radius 2 is 2.05 bits per heavy atom. The van der Waals surface area contributed by atoms with Gasteiger partial charge in [0.2, 0.25) is 0 Å². The number of hydrogen-bond acceptors (Lipinski definition) is 4. The molecule has 0 saturated carbocycles. The minimum atomic E-state index is 0. The van der Waals surface area contributed by atoms with Gasteiger partial charge in [0.05, 0.1) is 10.0 Å². The van der Waals surface area contributed by atoms with E-state index in [2.05, 4.69) is 9.88 Å². The maximum atomic E-state index is 6.09. The maximum Gasteiger partial charge on any atom is 0.115 e. The average molecular weight is 388 g/mol. The van der Waals surface area contributed by atoms with Crippen LogP contribution in [0.1, 0.15) is 25.7 Å². The molecule has 2 nitrogen and oxygen atoms in total. The highest BCUT2D eigenvalue weighted by Gasteiger charge is 2.10. The fourth-order valence-electron chi connectivity index (χ4n) is 2.10. The van der Waals surface area contributed by atoms with Crippen LogP contribution in [0.4, 0.5) is 0 Å². The van der Waals surface area contributed by atoms with Crippen LogP contribution in [0.15, 0.2) is 17.3 Å². The molecule has 1 aliphatic rings. The summed E-state index contributed by atoms with van der Waals surface area (Å²) in [6.45, 7) is 2.55. The molecule has 0 aliphatic carbocycles. The molecule has 21 heavy (non-hydrogen) atoms. The van der Waals surface area contributed by atoms with Gasteiger partial charge in [-0.25, -0.2) is 4.98 Å². The lowest BCUT2D eigenvalue weighted by atomic mass is 10.2. The molecule has 1 fully saturated rings. The first-order valence-electron chi connectivity index (χ1n) is 6.99. The lowest BCUT2D eigenvalue weighted by Crippen LogP contribution is -2.20. The normalized spacial score (nSPS) is 15.1. The number of pyridine rings is 1. The quantitative estimate of drug-likeness (QED) is 0.434. The first-order chi connectivity index (χ1) is 9.75. The van der Waals surface area contributed by atoms with Crippen molar-refractivity contribution in [3.8, 4) is 0 Å². The fourth-order valence-corrected chi connectivity index (χ4v) is 4.54. The molecule has 0 atom stereocenters.